The maximum absolute atomic E-state index is 14.8. The van der Waals surface area contributed by atoms with Gasteiger partial charge in [0.25, 0.3) is 5.91 Å². The molecule has 3 aromatic heterocycles. The predicted molar refractivity (Wildman–Crippen MR) is 114 cm³/mol. The summed E-state index contributed by atoms with van der Waals surface area (Å²) in [5.74, 6) is -2.50. The average Bonchev–Trinajstić information content (AvgIpc) is 3.56. The third-order valence-electron chi connectivity index (χ3n) is 5.43. The first-order chi connectivity index (χ1) is 15.9. The molecule has 0 bridgehead atoms. The summed E-state index contributed by atoms with van der Waals surface area (Å²) < 4.78 is 43.6. The molecule has 4 heterocycles. The molecule has 1 aliphatic rings. The van der Waals surface area contributed by atoms with Crippen LogP contribution in [0.15, 0.2) is 36.8 Å². The standard InChI is InChI=1S/C22H20F2N6O3/c1-25-21(31)12-5-16(20(24)17(23)6-12)18-9-26-19-7-15(13-8-27-29(2)10-13)22(28-30(18)19)33-14-3-4-32-11-14/h5-10,14H,3-4,11H2,1-2H3,(H,25,31). The van der Waals surface area contributed by atoms with Gasteiger partial charge in [-0.05, 0) is 18.2 Å². The number of fused-ring (bicyclic) bond motifs is 1. The molecule has 0 spiro atoms. The van der Waals surface area contributed by atoms with Gasteiger partial charge in [-0.25, -0.2) is 18.3 Å². The van der Waals surface area contributed by atoms with Crippen LogP contribution >= 0.6 is 0 Å². The summed E-state index contributed by atoms with van der Waals surface area (Å²) in [4.78, 5) is 16.4. The van der Waals surface area contributed by atoms with Gasteiger partial charge in [0.1, 0.15) is 6.10 Å². The Labute approximate surface area is 186 Å². The Kier molecular flexibility index (Phi) is 5.25. The van der Waals surface area contributed by atoms with Crippen LogP contribution in [0.25, 0.3) is 28.0 Å². The second-order valence-electron chi connectivity index (χ2n) is 7.68. The minimum Gasteiger partial charge on any atom is -0.470 e. The van der Waals surface area contributed by atoms with Crippen LogP contribution in [-0.2, 0) is 11.8 Å². The fourth-order valence-electron chi connectivity index (χ4n) is 3.75. The lowest BCUT2D eigenvalue weighted by Gasteiger charge is -2.15. The maximum Gasteiger partial charge on any atom is 0.251 e. The summed E-state index contributed by atoms with van der Waals surface area (Å²) in [6.07, 6.45) is 5.39. The first-order valence-corrected chi connectivity index (χ1v) is 10.3. The van der Waals surface area contributed by atoms with E-state index < -0.39 is 17.5 Å². The van der Waals surface area contributed by atoms with E-state index in [1.165, 1.54) is 23.8 Å². The summed E-state index contributed by atoms with van der Waals surface area (Å²) in [7, 11) is 3.21. The zero-order chi connectivity index (χ0) is 23.1. The number of halogens is 2. The molecule has 1 atom stereocenters. The average molecular weight is 454 g/mol. The van der Waals surface area contributed by atoms with Gasteiger partial charge in [-0.3, -0.25) is 9.48 Å². The lowest BCUT2D eigenvalue weighted by Crippen LogP contribution is -2.18. The highest BCUT2D eigenvalue weighted by Gasteiger charge is 2.24. The number of rotatable bonds is 5. The molecule has 1 aliphatic heterocycles. The third kappa shape index (κ3) is 3.80. The Balaban J connectivity index is 1.68. The molecule has 4 aromatic rings. The van der Waals surface area contributed by atoms with E-state index in [9.17, 15) is 13.6 Å². The number of ether oxygens (including phenoxy) is 2. The largest absolute Gasteiger partial charge is 0.470 e. The number of amides is 1. The van der Waals surface area contributed by atoms with E-state index in [0.29, 0.717) is 30.8 Å². The topological polar surface area (TPSA) is 95.6 Å². The van der Waals surface area contributed by atoms with Crippen molar-refractivity contribution in [1.29, 1.82) is 0 Å². The van der Waals surface area contributed by atoms with Crippen molar-refractivity contribution in [2.24, 2.45) is 7.05 Å². The third-order valence-corrected chi connectivity index (χ3v) is 5.43. The van der Waals surface area contributed by atoms with Crippen LogP contribution < -0.4 is 10.1 Å². The second kappa shape index (κ2) is 8.24. The lowest BCUT2D eigenvalue weighted by atomic mass is 10.1. The van der Waals surface area contributed by atoms with Crippen LogP contribution in [0.3, 0.4) is 0 Å². The van der Waals surface area contributed by atoms with Gasteiger partial charge >= 0.3 is 0 Å². The van der Waals surface area contributed by atoms with Crippen molar-refractivity contribution < 1.29 is 23.0 Å². The minimum atomic E-state index is -1.15. The van der Waals surface area contributed by atoms with Crippen molar-refractivity contribution in [1.82, 2.24) is 29.7 Å². The Morgan fingerprint density at radius 1 is 1.24 bits per heavy atom. The van der Waals surface area contributed by atoms with Crippen molar-refractivity contribution in [2.45, 2.75) is 12.5 Å². The molecule has 1 N–H and O–H groups in total. The van der Waals surface area contributed by atoms with Gasteiger partial charge < -0.3 is 14.8 Å². The number of nitrogens with zero attached hydrogens (tertiary/aromatic N) is 5. The molecule has 1 fully saturated rings. The number of carbonyl (C=O) groups excluding carboxylic acids is 1. The van der Waals surface area contributed by atoms with Crippen molar-refractivity contribution >= 4 is 11.6 Å². The van der Waals surface area contributed by atoms with E-state index in [1.807, 2.05) is 6.20 Å². The molecule has 170 valence electrons. The van der Waals surface area contributed by atoms with Gasteiger partial charge in [0.05, 0.1) is 36.9 Å². The predicted octanol–water partition coefficient (Wildman–Crippen LogP) is 2.60. The Bertz CT molecular complexity index is 1360. The van der Waals surface area contributed by atoms with Gasteiger partial charge in [0.2, 0.25) is 5.88 Å². The normalized spacial score (nSPS) is 15.8. The van der Waals surface area contributed by atoms with Crippen LogP contribution in [0.4, 0.5) is 8.78 Å². The summed E-state index contributed by atoms with van der Waals surface area (Å²) in [6.45, 7) is 1.01. The molecule has 1 amide bonds. The number of benzene rings is 1. The molecule has 9 nitrogen and oxygen atoms in total. The minimum absolute atomic E-state index is 0.0205. The molecular weight excluding hydrogens is 434 g/mol. The van der Waals surface area contributed by atoms with Crippen molar-refractivity contribution in [2.75, 3.05) is 20.3 Å². The molecule has 0 saturated carbocycles. The van der Waals surface area contributed by atoms with E-state index in [-0.39, 0.29) is 28.8 Å². The zero-order valence-corrected chi connectivity index (χ0v) is 17.9. The first kappa shape index (κ1) is 21.0. The lowest BCUT2D eigenvalue weighted by molar-refractivity contribution is 0.0962. The van der Waals surface area contributed by atoms with Gasteiger partial charge in [0.15, 0.2) is 17.3 Å². The fraction of sp³-hybridized carbons (Fsp3) is 0.273. The number of hydrogen-bond donors (Lipinski definition) is 1. The summed E-state index contributed by atoms with van der Waals surface area (Å²) in [5, 5.41) is 11.2. The molecule has 0 aliphatic carbocycles. The van der Waals surface area contributed by atoms with E-state index in [0.717, 1.165) is 11.6 Å². The Hall–Kier alpha value is -3.86. The number of aromatic nitrogens is 5. The molecule has 0 radical (unpaired) electrons. The highest BCUT2D eigenvalue weighted by atomic mass is 19.2. The number of imidazole rings is 1. The zero-order valence-electron chi connectivity index (χ0n) is 17.9. The quantitative estimate of drug-likeness (QED) is 0.498. The van der Waals surface area contributed by atoms with Crippen LogP contribution in [0, 0.1) is 11.6 Å². The van der Waals surface area contributed by atoms with Gasteiger partial charge in [-0.2, -0.15) is 5.10 Å². The molecule has 1 saturated heterocycles. The van der Waals surface area contributed by atoms with Crippen LogP contribution in [-0.4, -0.2) is 56.7 Å². The SMILES string of the molecule is CNC(=O)c1cc(F)c(F)c(-c2cnc3cc(-c4cnn(C)c4)c(OC4CCOC4)nn23)c1. The van der Waals surface area contributed by atoms with E-state index >= 15 is 0 Å². The number of carbonyl (C=O) groups is 1. The molecule has 1 unspecified atom stereocenters. The summed E-state index contributed by atoms with van der Waals surface area (Å²) in [5.41, 5.74) is 1.84. The van der Waals surface area contributed by atoms with Crippen molar-refractivity contribution in [3.8, 4) is 28.3 Å². The molecular formula is C22H20F2N6O3. The van der Waals surface area contributed by atoms with Crippen molar-refractivity contribution in [3.05, 3.63) is 54.0 Å². The van der Waals surface area contributed by atoms with Crippen LogP contribution in [0.2, 0.25) is 0 Å². The van der Waals surface area contributed by atoms with Crippen molar-refractivity contribution in [3.63, 3.8) is 0 Å². The molecule has 5 rings (SSSR count). The number of aryl methyl sites for hydroxylation is 1. The Morgan fingerprint density at radius 2 is 2.09 bits per heavy atom. The number of hydrogen-bond acceptors (Lipinski definition) is 6. The number of nitrogens with one attached hydrogen (secondary N) is 1. The monoisotopic (exact) mass is 454 g/mol. The second-order valence-corrected chi connectivity index (χ2v) is 7.68. The van der Waals surface area contributed by atoms with Crippen LogP contribution in [0.5, 0.6) is 5.88 Å². The van der Waals surface area contributed by atoms with Crippen LogP contribution in [0.1, 0.15) is 16.8 Å². The fourth-order valence-corrected chi connectivity index (χ4v) is 3.75. The molecule has 1 aromatic carbocycles. The highest BCUT2D eigenvalue weighted by molar-refractivity contribution is 5.95. The van der Waals surface area contributed by atoms with Gasteiger partial charge in [-0.1, -0.05) is 0 Å². The maximum atomic E-state index is 14.8. The highest BCUT2D eigenvalue weighted by Crippen LogP contribution is 2.33. The molecule has 33 heavy (non-hydrogen) atoms. The summed E-state index contributed by atoms with van der Waals surface area (Å²) in [6, 6.07) is 3.86. The van der Waals surface area contributed by atoms with E-state index in [4.69, 9.17) is 9.47 Å². The first-order valence-electron chi connectivity index (χ1n) is 10.3. The summed E-state index contributed by atoms with van der Waals surface area (Å²) >= 11 is 0. The van der Waals surface area contributed by atoms with E-state index in [1.54, 1.807) is 24.0 Å². The van der Waals surface area contributed by atoms with Gasteiger partial charge in [0, 0.05) is 43.4 Å². The smallest absolute Gasteiger partial charge is 0.251 e. The van der Waals surface area contributed by atoms with Gasteiger partial charge in [-0.15, -0.1) is 5.10 Å². The molecule has 11 heteroatoms. The Morgan fingerprint density at radius 3 is 2.79 bits per heavy atom. The van der Waals surface area contributed by atoms with E-state index in [2.05, 4.69) is 20.5 Å².